The van der Waals surface area contributed by atoms with Gasteiger partial charge in [-0.3, -0.25) is 9.59 Å². The van der Waals surface area contributed by atoms with Crippen LogP contribution in [0.4, 0.5) is 0 Å². The third-order valence-corrected chi connectivity index (χ3v) is 3.95. The van der Waals surface area contributed by atoms with Crippen molar-refractivity contribution in [3.8, 4) is 0 Å². The van der Waals surface area contributed by atoms with Crippen molar-refractivity contribution in [2.75, 3.05) is 18.8 Å². The molecule has 0 radical (unpaired) electrons. The minimum absolute atomic E-state index is 0.00745. The summed E-state index contributed by atoms with van der Waals surface area (Å²) in [6, 6.07) is -0.496. The van der Waals surface area contributed by atoms with E-state index in [0.29, 0.717) is 11.7 Å². The van der Waals surface area contributed by atoms with Gasteiger partial charge in [0.1, 0.15) is 6.04 Å². The van der Waals surface area contributed by atoms with Crippen LogP contribution in [0.15, 0.2) is 0 Å². The molecule has 2 atom stereocenters. The molecule has 1 heterocycles. The van der Waals surface area contributed by atoms with Gasteiger partial charge >= 0.3 is 0 Å². The van der Waals surface area contributed by atoms with E-state index in [0.717, 1.165) is 19.5 Å². The molecule has 0 aromatic carbocycles. The van der Waals surface area contributed by atoms with E-state index >= 15 is 0 Å². The lowest BCUT2D eigenvalue weighted by molar-refractivity contribution is -0.134. The van der Waals surface area contributed by atoms with Gasteiger partial charge in [0.25, 0.3) is 0 Å². The van der Waals surface area contributed by atoms with Gasteiger partial charge in [-0.15, -0.1) is 0 Å². The molecule has 0 saturated carbocycles. The largest absolute Gasteiger partial charge is 0.344 e. The van der Waals surface area contributed by atoms with Crippen LogP contribution in [0.1, 0.15) is 34.1 Å². The van der Waals surface area contributed by atoms with Gasteiger partial charge in [-0.2, -0.15) is 12.6 Å². The summed E-state index contributed by atoms with van der Waals surface area (Å²) in [5.41, 5.74) is 0.222. The van der Waals surface area contributed by atoms with Crippen LogP contribution in [0.5, 0.6) is 0 Å². The molecule has 0 spiro atoms. The van der Waals surface area contributed by atoms with Crippen molar-refractivity contribution in [3.63, 3.8) is 0 Å². The van der Waals surface area contributed by atoms with E-state index in [9.17, 15) is 9.59 Å². The lowest BCUT2D eigenvalue weighted by Crippen LogP contribution is -2.48. The number of thiol groups is 1. The summed E-state index contributed by atoms with van der Waals surface area (Å²) in [6.07, 6.45) is 1.04. The molecular weight excluding hydrogens is 248 g/mol. The van der Waals surface area contributed by atoms with Crippen molar-refractivity contribution in [1.29, 1.82) is 0 Å². The Hall–Kier alpha value is -0.710. The third-order valence-electron chi connectivity index (χ3n) is 3.58. The predicted octanol–water partition coefficient (Wildman–Crippen LogP) is 1.32. The standard InChI is InChI=1S/C13H24N2O2S/c1-9(16)14-11(8-18)12(17)15-6-5-10(7-15)13(2,3)4/h10-11,18H,5-8H2,1-4H3,(H,14,16). The molecule has 1 rings (SSSR count). The van der Waals surface area contributed by atoms with Gasteiger partial charge < -0.3 is 10.2 Å². The van der Waals surface area contributed by atoms with E-state index in [1.807, 2.05) is 4.90 Å². The maximum Gasteiger partial charge on any atom is 0.246 e. The van der Waals surface area contributed by atoms with E-state index in [4.69, 9.17) is 0 Å². The molecule has 1 saturated heterocycles. The van der Waals surface area contributed by atoms with Gasteiger partial charge in [0.15, 0.2) is 0 Å². The summed E-state index contributed by atoms with van der Waals surface area (Å²) in [6.45, 7) is 9.60. The number of carbonyl (C=O) groups excluding carboxylic acids is 2. The second-order valence-electron chi connectivity index (χ2n) is 6.07. The molecule has 1 aliphatic rings. The Bertz CT molecular complexity index is 325. The first-order valence-corrected chi connectivity index (χ1v) is 7.05. The SMILES string of the molecule is CC(=O)NC(CS)C(=O)N1CCC(C(C)(C)C)C1. The van der Waals surface area contributed by atoms with Crippen LogP contribution in [0.25, 0.3) is 0 Å². The van der Waals surface area contributed by atoms with Crippen molar-refractivity contribution < 1.29 is 9.59 Å². The normalized spacial score (nSPS) is 21.8. The average molecular weight is 272 g/mol. The molecule has 0 aromatic heterocycles. The average Bonchev–Trinajstić information content (AvgIpc) is 2.73. The Morgan fingerprint density at radius 2 is 2.06 bits per heavy atom. The summed E-state index contributed by atoms with van der Waals surface area (Å²) >= 11 is 4.14. The van der Waals surface area contributed by atoms with Crippen LogP contribution in [0.2, 0.25) is 0 Å². The van der Waals surface area contributed by atoms with E-state index in [1.54, 1.807) is 0 Å². The van der Waals surface area contributed by atoms with E-state index in [-0.39, 0.29) is 17.2 Å². The highest BCUT2D eigenvalue weighted by molar-refractivity contribution is 7.80. The molecule has 2 amide bonds. The molecule has 104 valence electrons. The van der Waals surface area contributed by atoms with Crippen LogP contribution in [0, 0.1) is 11.3 Å². The fourth-order valence-corrected chi connectivity index (χ4v) is 2.57. The third kappa shape index (κ3) is 3.90. The van der Waals surface area contributed by atoms with Crippen molar-refractivity contribution >= 4 is 24.4 Å². The predicted molar refractivity (Wildman–Crippen MR) is 75.6 cm³/mol. The first-order chi connectivity index (χ1) is 8.25. The maximum atomic E-state index is 12.2. The van der Waals surface area contributed by atoms with Crippen molar-refractivity contribution in [3.05, 3.63) is 0 Å². The topological polar surface area (TPSA) is 49.4 Å². The number of hydrogen-bond acceptors (Lipinski definition) is 3. The number of carbonyl (C=O) groups is 2. The highest BCUT2D eigenvalue weighted by atomic mass is 32.1. The fourth-order valence-electron chi connectivity index (χ4n) is 2.32. The number of nitrogens with zero attached hydrogens (tertiary/aromatic N) is 1. The Morgan fingerprint density at radius 3 is 2.44 bits per heavy atom. The van der Waals surface area contributed by atoms with Crippen LogP contribution in [-0.4, -0.2) is 41.6 Å². The molecule has 0 aliphatic carbocycles. The fraction of sp³-hybridized carbons (Fsp3) is 0.846. The zero-order chi connectivity index (χ0) is 13.9. The molecule has 0 aromatic rings. The number of hydrogen-bond donors (Lipinski definition) is 2. The smallest absolute Gasteiger partial charge is 0.246 e. The zero-order valence-electron chi connectivity index (χ0n) is 11.7. The van der Waals surface area contributed by atoms with E-state index in [2.05, 4.69) is 38.7 Å². The molecule has 2 unspecified atom stereocenters. The molecule has 5 heteroatoms. The minimum Gasteiger partial charge on any atom is -0.344 e. The van der Waals surface area contributed by atoms with Crippen LogP contribution >= 0.6 is 12.6 Å². The van der Waals surface area contributed by atoms with Crippen LogP contribution in [-0.2, 0) is 9.59 Å². The summed E-state index contributed by atoms with van der Waals surface area (Å²) in [5, 5.41) is 2.65. The van der Waals surface area contributed by atoms with Gasteiger partial charge in [-0.05, 0) is 17.8 Å². The summed E-state index contributed by atoms with van der Waals surface area (Å²) in [5.74, 6) is 0.676. The van der Waals surface area contributed by atoms with E-state index in [1.165, 1.54) is 6.92 Å². The maximum absolute atomic E-state index is 12.2. The first-order valence-electron chi connectivity index (χ1n) is 6.42. The quantitative estimate of drug-likeness (QED) is 0.761. The molecule has 1 N–H and O–H groups in total. The van der Waals surface area contributed by atoms with Gasteiger partial charge in [0, 0.05) is 25.8 Å². The molecule has 4 nitrogen and oxygen atoms in total. The number of nitrogens with one attached hydrogen (secondary N) is 1. The van der Waals surface area contributed by atoms with Crippen LogP contribution < -0.4 is 5.32 Å². The molecule has 0 bridgehead atoms. The van der Waals surface area contributed by atoms with Gasteiger partial charge in [0.2, 0.25) is 11.8 Å². The Kier molecular flexibility index (Phi) is 5.08. The Balaban J connectivity index is 2.61. The van der Waals surface area contributed by atoms with Gasteiger partial charge in [0.05, 0.1) is 0 Å². The second-order valence-corrected chi connectivity index (χ2v) is 6.44. The number of likely N-dealkylation sites (tertiary alicyclic amines) is 1. The Labute approximate surface area is 115 Å². The Morgan fingerprint density at radius 1 is 1.44 bits per heavy atom. The monoisotopic (exact) mass is 272 g/mol. The highest BCUT2D eigenvalue weighted by Crippen LogP contribution is 2.33. The van der Waals surface area contributed by atoms with Gasteiger partial charge in [-0.25, -0.2) is 0 Å². The summed E-state index contributed by atoms with van der Waals surface area (Å²) in [4.78, 5) is 25.1. The second kappa shape index (κ2) is 5.95. The van der Waals surface area contributed by atoms with Gasteiger partial charge in [-0.1, -0.05) is 20.8 Å². The molecule has 18 heavy (non-hydrogen) atoms. The zero-order valence-corrected chi connectivity index (χ0v) is 12.6. The number of amides is 2. The van der Waals surface area contributed by atoms with E-state index < -0.39 is 6.04 Å². The molecule has 1 fully saturated rings. The summed E-state index contributed by atoms with van der Waals surface area (Å²) < 4.78 is 0. The first kappa shape index (κ1) is 15.3. The summed E-state index contributed by atoms with van der Waals surface area (Å²) in [7, 11) is 0. The van der Waals surface area contributed by atoms with Crippen LogP contribution in [0.3, 0.4) is 0 Å². The molecular formula is C13H24N2O2S. The minimum atomic E-state index is -0.496. The molecule has 1 aliphatic heterocycles. The van der Waals surface area contributed by atoms with Crippen molar-refractivity contribution in [1.82, 2.24) is 10.2 Å². The van der Waals surface area contributed by atoms with Crippen molar-refractivity contribution in [2.45, 2.75) is 40.2 Å². The lowest BCUT2D eigenvalue weighted by atomic mass is 9.80. The number of rotatable bonds is 3. The van der Waals surface area contributed by atoms with Crippen molar-refractivity contribution in [2.24, 2.45) is 11.3 Å². The highest BCUT2D eigenvalue weighted by Gasteiger charge is 2.35. The lowest BCUT2D eigenvalue weighted by Gasteiger charge is -2.28.